The first-order chi connectivity index (χ1) is 23.5. The minimum absolute atomic E-state index is 0.0927. The van der Waals surface area contributed by atoms with Gasteiger partial charge in [0.2, 0.25) is 0 Å². The normalized spacial score (nSPS) is 13.0. The number of carbonyl (C=O) groups excluding carboxylic acids is 3. The molecule has 0 bridgehead atoms. The fourth-order valence-corrected chi connectivity index (χ4v) is 4.46. The summed E-state index contributed by atoms with van der Waals surface area (Å²) in [5, 5.41) is 0. The molecular formula is C42H66O6. The topological polar surface area (TPSA) is 78.9 Å². The Morgan fingerprint density at radius 2 is 0.812 bits per heavy atom. The van der Waals surface area contributed by atoms with E-state index in [-0.39, 0.29) is 31.6 Å². The maximum absolute atomic E-state index is 12.5. The van der Waals surface area contributed by atoms with Gasteiger partial charge < -0.3 is 14.2 Å². The van der Waals surface area contributed by atoms with Crippen molar-refractivity contribution in [2.75, 3.05) is 13.2 Å². The summed E-state index contributed by atoms with van der Waals surface area (Å²) >= 11 is 0. The zero-order chi connectivity index (χ0) is 35.2. The van der Waals surface area contributed by atoms with Crippen LogP contribution in [0.15, 0.2) is 85.1 Å². The lowest BCUT2D eigenvalue weighted by atomic mass is 10.1. The maximum atomic E-state index is 12.5. The summed E-state index contributed by atoms with van der Waals surface area (Å²) in [7, 11) is 0. The second-order valence-electron chi connectivity index (χ2n) is 11.7. The zero-order valence-electron chi connectivity index (χ0n) is 30.5. The van der Waals surface area contributed by atoms with Gasteiger partial charge in [-0.15, -0.1) is 0 Å². The molecule has 1 atom stereocenters. The largest absolute Gasteiger partial charge is 0.462 e. The minimum Gasteiger partial charge on any atom is -0.462 e. The molecule has 0 aliphatic rings. The number of esters is 3. The van der Waals surface area contributed by atoms with Crippen LogP contribution in [0.3, 0.4) is 0 Å². The molecule has 0 N–H and O–H groups in total. The van der Waals surface area contributed by atoms with E-state index < -0.39 is 12.1 Å². The fourth-order valence-electron chi connectivity index (χ4n) is 4.46. The molecule has 48 heavy (non-hydrogen) atoms. The quantitative estimate of drug-likeness (QED) is 0.0317. The summed E-state index contributed by atoms with van der Waals surface area (Å²) in [6.45, 7) is 6.09. The van der Waals surface area contributed by atoms with Crippen LogP contribution in [-0.2, 0) is 28.6 Å². The van der Waals surface area contributed by atoms with Gasteiger partial charge in [0.05, 0.1) is 6.42 Å². The predicted octanol–water partition coefficient (Wildman–Crippen LogP) is 11.3. The molecule has 0 radical (unpaired) electrons. The average Bonchev–Trinajstić information content (AvgIpc) is 3.08. The number of carbonyl (C=O) groups is 3. The van der Waals surface area contributed by atoms with Crippen LogP contribution in [0.5, 0.6) is 0 Å². The Labute approximate surface area is 293 Å². The van der Waals surface area contributed by atoms with Gasteiger partial charge >= 0.3 is 17.9 Å². The number of hydrogen-bond acceptors (Lipinski definition) is 6. The molecule has 0 rings (SSSR count). The van der Waals surface area contributed by atoms with Crippen LogP contribution in [0.4, 0.5) is 0 Å². The molecule has 0 aliphatic heterocycles. The van der Waals surface area contributed by atoms with E-state index in [9.17, 15) is 14.4 Å². The first kappa shape index (κ1) is 44.6. The lowest BCUT2D eigenvalue weighted by Crippen LogP contribution is -2.30. The van der Waals surface area contributed by atoms with E-state index in [0.717, 1.165) is 103 Å². The summed E-state index contributed by atoms with van der Waals surface area (Å²) in [6.07, 6.45) is 44.7. The Hall–Kier alpha value is -3.41. The van der Waals surface area contributed by atoms with Gasteiger partial charge in [-0.1, -0.05) is 125 Å². The van der Waals surface area contributed by atoms with Gasteiger partial charge in [0.15, 0.2) is 6.10 Å². The van der Waals surface area contributed by atoms with E-state index in [1.54, 1.807) is 6.08 Å². The first-order valence-electron chi connectivity index (χ1n) is 18.6. The second-order valence-corrected chi connectivity index (χ2v) is 11.7. The van der Waals surface area contributed by atoms with Crippen molar-refractivity contribution in [3.8, 4) is 0 Å². The fraction of sp³-hybridized carbons (Fsp3) is 0.595. The van der Waals surface area contributed by atoms with Gasteiger partial charge in [-0.25, -0.2) is 0 Å². The van der Waals surface area contributed by atoms with E-state index in [2.05, 4.69) is 93.7 Å². The van der Waals surface area contributed by atoms with Crippen LogP contribution in [0.1, 0.15) is 143 Å². The van der Waals surface area contributed by atoms with Crippen LogP contribution in [0, 0.1) is 0 Å². The van der Waals surface area contributed by atoms with Crippen LogP contribution >= 0.6 is 0 Å². The van der Waals surface area contributed by atoms with Crippen LogP contribution in [0.25, 0.3) is 0 Å². The van der Waals surface area contributed by atoms with Crippen LogP contribution < -0.4 is 0 Å². The Balaban J connectivity index is 4.54. The molecule has 0 saturated heterocycles. The highest BCUT2D eigenvalue weighted by atomic mass is 16.6. The molecule has 0 aromatic rings. The summed E-state index contributed by atoms with van der Waals surface area (Å²) in [6, 6.07) is 0. The summed E-state index contributed by atoms with van der Waals surface area (Å²) < 4.78 is 16.4. The van der Waals surface area contributed by atoms with Gasteiger partial charge in [-0.3, -0.25) is 14.4 Å². The third-order valence-electron chi connectivity index (χ3n) is 7.16. The predicted molar refractivity (Wildman–Crippen MR) is 201 cm³/mol. The molecule has 270 valence electrons. The molecule has 1 unspecified atom stereocenters. The molecule has 0 amide bonds. The van der Waals surface area contributed by atoms with Crippen molar-refractivity contribution in [2.24, 2.45) is 0 Å². The van der Waals surface area contributed by atoms with Crippen molar-refractivity contribution in [1.29, 1.82) is 0 Å². The molecule has 0 aliphatic carbocycles. The molecule has 0 fully saturated rings. The number of allylic oxidation sites excluding steroid dienone is 13. The summed E-state index contributed by atoms with van der Waals surface area (Å²) in [5.74, 6) is -1.13. The Bertz CT molecular complexity index is 998. The molecule has 6 heteroatoms. The molecule has 0 spiro atoms. The zero-order valence-corrected chi connectivity index (χ0v) is 30.5. The summed E-state index contributed by atoms with van der Waals surface area (Å²) in [5.41, 5.74) is 0. The van der Waals surface area contributed by atoms with E-state index in [0.29, 0.717) is 12.8 Å². The van der Waals surface area contributed by atoms with Crippen LogP contribution in [0.2, 0.25) is 0 Å². The van der Waals surface area contributed by atoms with Gasteiger partial charge in [0, 0.05) is 12.8 Å². The number of hydrogen-bond donors (Lipinski definition) is 0. The SMILES string of the molecule is CC/C=C\C/C=C\C/C=C\CC(=O)OC(COC(=O)CCCC/C=C\C/C=C\CC)COC(=O)CCCCCCC/C=C\C/C=C\CC. The van der Waals surface area contributed by atoms with Crippen molar-refractivity contribution in [2.45, 2.75) is 149 Å². The van der Waals surface area contributed by atoms with Gasteiger partial charge in [-0.05, 0) is 83.5 Å². The van der Waals surface area contributed by atoms with E-state index in [1.807, 2.05) is 6.08 Å². The molecular weight excluding hydrogens is 600 g/mol. The first-order valence-corrected chi connectivity index (χ1v) is 18.6. The molecule has 6 nitrogen and oxygen atoms in total. The van der Waals surface area contributed by atoms with Crippen molar-refractivity contribution < 1.29 is 28.6 Å². The summed E-state index contributed by atoms with van der Waals surface area (Å²) in [4.78, 5) is 37.2. The van der Waals surface area contributed by atoms with E-state index in [4.69, 9.17) is 14.2 Å². The van der Waals surface area contributed by atoms with Gasteiger partial charge in [0.1, 0.15) is 13.2 Å². The minimum atomic E-state index is -0.839. The van der Waals surface area contributed by atoms with E-state index >= 15 is 0 Å². The van der Waals surface area contributed by atoms with Crippen molar-refractivity contribution in [3.05, 3.63) is 85.1 Å². The molecule has 0 aromatic carbocycles. The average molecular weight is 667 g/mol. The lowest BCUT2D eigenvalue weighted by molar-refractivity contribution is -0.166. The standard InChI is InChI=1S/C42H66O6/c1-4-7-10-13-16-19-20-21-24-26-29-32-35-41(44)47-38-39(48-42(45)36-33-30-27-23-18-15-12-9-6-3)37-46-40(43)34-31-28-25-22-17-14-11-8-5-2/h7-12,16-19,22-23,30,33,39H,4-6,13-15,20-21,24-29,31-32,34-38H2,1-3H3/b10-7-,11-8-,12-9-,19-16-,22-17-,23-18-,33-30-. The lowest BCUT2D eigenvalue weighted by Gasteiger charge is -2.18. The Morgan fingerprint density at radius 3 is 1.31 bits per heavy atom. The Morgan fingerprint density at radius 1 is 0.438 bits per heavy atom. The maximum Gasteiger partial charge on any atom is 0.310 e. The van der Waals surface area contributed by atoms with Crippen molar-refractivity contribution in [1.82, 2.24) is 0 Å². The third-order valence-corrected chi connectivity index (χ3v) is 7.16. The number of unbranched alkanes of at least 4 members (excludes halogenated alkanes) is 7. The molecule has 0 aromatic heterocycles. The smallest absolute Gasteiger partial charge is 0.310 e. The molecule has 0 saturated carbocycles. The van der Waals surface area contributed by atoms with Gasteiger partial charge in [0.25, 0.3) is 0 Å². The molecule has 0 heterocycles. The number of rotatable bonds is 31. The van der Waals surface area contributed by atoms with Crippen molar-refractivity contribution in [3.63, 3.8) is 0 Å². The highest BCUT2D eigenvalue weighted by Gasteiger charge is 2.19. The monoisotopic (exact) mass is 666 g/mol. The van der Waals surface area contributed by atoms with Crippen molar-refractivity contribution >= 4 is 17.9 Å². The van der Waals surface area contributed by atoms with Gasteiger partial charge in [-0.2, -0.15) is 0 Å². The highest BCUT2D eigenvalue weighted by Crippen LogP contribution is 2.10. The third kappa shape index (κ3) is 33.9. The Kier molecular flexibility index (Phi) is 33.8. The van der Waals surface area contributed by atoms with E-state index in [1.165, 1.54) is 0 Å². The number of ether oxygens (including phenoxy) is 3. The second kappa shape index (κ2) is 36.4. The van der Waals surface area contributed by atoms with Crippen LogP contribution in [-0.4, -0.2) is 37.2 Å². The highest BCUT2D eigenvalue weighted by molar-refractivity contribution is 5.72.